The molecule has 0 radical (unpaired) electrons. The number of carbonyl (C=O) groups excluding carboxylic acids is 1. The first-order valence-corrected chi connectivity index (χ1v) is 12.6. The van der Waals surface area contributed by atoms with Gasteiger partial charge in [-0.3, -0.25) is 4.79 Å². The largest absolute Gasteiger partial charge is 0.379 e. The first-order valence-electron chi connectivity index (χ1n) is 10.5. The Bertz CT molecular complexity index is 1240. The van der Waals surface area contributed by atoms with Crippen molar-refractivity contribution in [2.75, 3.05) is 0 Å². The SMILES string of the molecule is CC[C@H](C)N(Cc1cccc(OS(=O)(=O)c2c(C)cccc2Cl)c1)C(=O)c1ccccc1Cl. The van der Waals surface area contributed by atoms with Crippen LogP contribution in [0.4, 0.5) is 0 Å². The molecule has 3 rings (SSSR count). The summed E-state index contributed by atoms with van der Waals surface area (Å²) in [5.74, 6) is -0.0540. The molecule has 0 aromatic heterocycles. The molecule has 0 N–H and O–H groups in total. The summed E-state index contributed by atoms with van der Waals surface area (Å²) in [5, 5.41) is 0.480. The summed E-state index contributed by atoms with van der Waals surface area (Å²) in [6.07, 6.45) is 0.743. The number of rotatable bonds is 8. The molecule has 33 heavy (non-hydrogen) atoms. The Balaban J connectivity index is 1.88. The molecule has 0 bridgehead atoms. The van der Waals surface area contributed by atoms with Gasteiger partial charge in [-0.2, -0.15) is 8.42 Å². The highest BCUT2D eigenvalue weighted by Crippen LogP contribution is 2.29. The van der Waals surface area contributed by atoms with Crippen molar-refractivity contribution >= 4 is 39.2 Å². The molecule has 1 amide bonds. The van der Waals surface area contributed by atoms with Crippen LogP contribution in [0.5, 0.6) is 5.75 Å². The van der Waals surface area contributed by atoms with Crippen LogP contribution < -0.4 is 4.18 Å². The van der Waals surface area contributed by atoms with Crippen LogP contribution in [0.2, 0.25) is 10.0 Å². The van der Waals surface area contributed by atoms with Crippen molar-refractivity contribution in [1.29, 1.82) is 0 Å². The molecule has 0 unspecified atom stereocenters. The summed E-state index contributed by atoms with van der Waals surface area (Å²) < 4.78 is 31.1. The molecule has 5 nitrogen and oxygen atoms in total. The quantitative estimate of drug-likeness (QED) is 0.327. The lowest BCUT2D eigenvalue weighted by Crippen LogP contribution is -2.38. The van der Waals surface area contributed by atoms with Crippen LogP contribution in [0, 0.1) is 6.92 Å². The highest BCUT2D eigenvalue weighted by molar-refractivity contribution is 7.87. The Hall–Kier alpha value is -2.54. The second kappa shape index (κ2) is 10.6. The van der Waals surface area contributed by atoms with Crippen molar-refractivity contribution in [3.05, 3.63) is 93.5 Å². The number of hydrogen-bond acceptors (Lipinski definition) is 4. The summed E-state index contributed by atoms with van der Waals surface area (Å²) in [6.45, 7) is 5.87. The zero-order chi connectivity index (χ0) is 24.2. The van der Waals surface area contributed by atoms with Gasteiger partial charge in [0.05, 0.1) is 15.6 Å². The number of benzene rings is 3. The standard InChI is InChI=1S/C25H25Cl2NO4S/c1-4-18(3)28(25(29)21-12-5-6-13-22(21)26)16-19-10-8-11-20(15-19)32-33(30,31)24-17(2)9-7-14-23(24)27/h5-15,18H,4,16H2,1-3H3/t18-/m0/s1. The van der Waals surface area contributed by atoms with Gasteiger partial charge in [0, 0.05) is 12.6 Å². The second-order valence-corrected chi connectivity index (χ2v) is 10.0. The predicted octanol–water partition coefficient (Wildman–Crippen LogP) is 6.51. The smallest absolute Gasteiger partial charge is 0.340 e. The Labute approximate surface area is 205 Å². The third kappa shape index (κ3) is 5.88. The molecule has 3 aromatic rings. The van der Waals surface area contributed by atoms with E-state index in [1.54, 1.807) is 66.4 Å². The van der Waals surface area contributed by atoms with E-state index >= 15 is 0 Å². The Morgan fingerprint density at radius 1 is 1.00 bits per heavy atom. The number of halogens is 2. The first kappa shape index (κ1) is 25.1. The fourth-order valence-electron chi connectivity index (χ4n) is 3.43. The fraction of sp³-hybridized carbons (Fsp3) is 0.240. The van der Waals surface area contributed by atoms with Gasteiger partial charge in [-0.05, 0) is 61.7 Å². The highest BCUT2D eigenvalue weighted by atomic mass is 35.5. The summed E-state index contributed by atoms with van der Waals surface area (Å²) in [6, 6.07) is 18.4. The van der Waals surface area contributed by atoms with E-state index < -0.39 is 10.1 Å². The molecule has 0 fully saturated rings. The fourth-order valence-corrected chi connectivity index (χ4v) is 5.36. The van der Waals surface area contributed by atoms with Gasteiger partial charge in [-0.15, -0.1) is 0 Å². The van der Waals surface area contributed by atoms with Crippen molar-refractivity contribution in [3.8, 4) is 5.75 Å². The van der Waals surface area contributed by atoms with Crippen molar-refractivity contribution in [2.24, 2.45) is 0 Å². The molecular formula is C25H25Cl2NO4S. The van der Waals surface area contributed by atoms with E-state index in [0.29, 0.717) is 16.1 Å². The molecule has 0 aliphatic carbocycles. The van der Waals surface area contributed by atoms with E-state index in [-0.39, 0.29) is 34.2 Å². The molecule has 0 spiro atoms. The minimum Gasteiger partial charge on any atom is -0.379 e. The number of nitrogens with zero attached hydrogens (tertiary/aromatic N) is 1. The minimum atomic E-state index is -4.14. The van der Waals surface area contributed by atoms with Crippen LogP contribution >= 0.6 is 23.2 Å². The maximum Gasteiger partial charge on any atom is 0.340 e. The number of carbonyl (C=O) groups is 1. The van der Waals surface area contributed by atoms with Crippen LogP contribution in [0.15, 0.2) is 71.6 Å². The molecule has 1 atom stereocenters. The van der Waals surface area contributed by atoms with Gasteiger partial charge in [0.2, 0.25) is 0 Å². The number of hydrogen-bond donors (Lipinski definition) is 0. The van der Waals surface area contributed by atoms with Crippen molar-refractivity contribution in [3.63, 3.8) is 0 Å². The van der Waals surface area contributed by atoms with E-state index in [2.05, 4.69) is 0 Å². The van der Waals surface area contributed by atoms with Gasteiger partial charge < -0.3 is 9.08 Å². The van der Waals surface area contributed by atoms with Crippen LogP contribution in [0.3, 0.4) is 0 Å². The summed E-state index contributed by atoms with van der Waals surface area (Å²) >= 11 is 12.4. The van der Waals surface area contributed by atoms with Gasteiger partial charge in [0.25, 0.3) is 5.91 Å². The summed E-state index contributed by atoms with van der Waals surface area (Å²) in [4.78, 5) is 14.9. The topological polar surface area (TPSA) is 63.7 Å². The summed E-state index contributed by atoms with van der Waals surface area (Å²) in [5.41, 5.74) is 1.63. The Morgan fingerprint density at radius 3 is 2.33 bits per heavy atom. The zero-order valence-corrected chi connectivity index (χ0v) is 20.9. The lowest BCUT2D eigenvalue weighted by Gasteiger charge is -2.29. The molecule has 174 valence electrons. The predicted molar refractivity (Wildman–Crippen MR) is 132 cm³/mol. The lowest BCUT2D eigenvalue weighted by atomic mass is 10.1. The Morgan fingerprint density at radius 2 is 1.67 bits per heavy atom. The first-order chi connectivity index (χ1) is 15.6. The van der Waals surface area contributed by atoms with Gasteiger partial charge in [0.1, 0.15) is 10.6 Å². The normalized spacial score (nSPS) is 12.3. The van der Waals surface area contributed by atoms with Gasteiger partial charge in [-0.1, -0.05) is 66.5 Å². The molecule has 0 saturated carbocycles. The average molecular weight is 506 g/mol. The molecule has 0 aliphatic rings. The maximum atomic E-state index is 13.2. The molecule has 0 heterocycles. The summed E-state index contributed by atoms with van der Waals surface area (Å²) in [7, 11) is -4.14. The van der Waals surface area contributed by atoms with Crippen molar-refractivity contribution in [1.82, 2.24) is 4.90 Å². The van der Waals surface area contributed by atoms with Crippen molar-refractivity contribution in [2.45, 2.75) is 44.7 Å². The van der Waals surface area contributed by atoms with E-state index in [9.17, 15) is 13.2 Å². The van der Waals surface area contributed by atoms with Crippen LogP contribution in [0.1, 0.15) is 41.8 Å². The van der Waals surface area contributed by atoms with E-state index in [1.807, 2.05) is 19.9 Å². The van der Waals surface area contributed by atoms with Gasteiger partial charge in [-0.25, -0.2) is 0 Å². The lowest BCUT2D eigenvalue weighted by molar-refractivity contribution is 0.0671. The molecular weight excluding hydrogens is 481 g/mol. The van der Waals surface area contributed by atoms with Crippen LogP contribution in [0.25, 0.3) is 0 Å². The van der Waals surface area contributed by atoms with E-state index in [4.69, 9.17) is 27.4 Å². The molecule has 0 aliphatic heterocycles. The minimum absolute atomic E-state index is 0.0622. The molecule has 3 aromatic carbocycles. The monoisotopic (exact) mass is 505 g/mol. The van der Waals surface area contributed by atoms with Crippen LogP contribution in [-0.2, 0) is 16.7 Å². The number of aryl methyl sites for hydroxylation is 1. The maximum absolute atomic E-state index is 13.2. The van der Waals surface area contributed by atoms with Gasteiger partial charge in [0.15, 0.2) is 0 Å². The van der Waals surface area contributed by atoms with Gasteiger partial charge >= 0.3 is 10.1 Å². The van der Waals surface area contributed by atoms with E-state index in [0.717, 1.165) is 12.0 Å². The van der Waals surface area contributed by atoms with Crippen LogP contribution in [-0.4, -0.2) is 25.3 Å². The Kier molecular flexibility index (Phi) is 8.05. The van der Waals surface area contributed by atoms with Crippen molar-refractivity contribution < 1.29 is 17.4 Å². The highest BCUT2D eigenvalue weighted by Gasteiger charge is 2.25. The van der Waals surface area contributed by atoms with E-state index in [1.165, 1.54) is 6.07 Å². The third-order valence-electron chi connectivity index (χ3n) is 5.36. The second-order valence-electron chi connectivity index (χ2n) is 7.74. The average Bonchev–Trinajstić information content (AvgIpc) is 2.76. The number of amides is 1. The molecule has 0 saturated heterocycles. The third-order valence-corrected chi connectivity index (χ3v) is 7.57. The molecule has 8 heteroatoms. The zero-order valence-electron chi connectivity index (χ0n) is 18.6.